The van der Waals surface area contributed by atoms with Crippen LogP contribution in [-0.4, -0.2) is 35.3 Å². The van der Waals surface area contributed by atoms with Gasteiger partial charge in [-0.2, -0.15) is 0 Å². The van der Waals surface area contributed by atoms with Crippen molar-refractivity contribution in [3.63, 3.8) is 0 Å². The molecule has 2 rings (SSSR count). The molecule has 7 heteroatoms. The van der Waals surface area contributed by atoms with Crippen molar-refractivity contribution in [2.45, 2.75) is 13.8 Å². The molecule has 0 aliphatic carbocycles. The van der Waals surface area contributed by atoms with E-state index in [9.17, 15) is 14.4 Å². The fraction of sp³-hybridized carbons (Fsp3) is 0.438. The van der Waals surface area contributed by atoms with Gasteiger partial charge in [0.2, 0.25) is 5.43 Å². The number of esters is 1. The predicted octanol–water partition coefficient (Wildman–Crippen LogP) is 0.870. The van der Waals surface area contributed by atoms with Crippen molar-refractivity contribution in [3.05, 3.63) is 38.4 Å². The highest BCUT2D eigenvalue weighted by molar-refractivity contribution is 5.97. The van der Waals surface area contributed by atoms with E-state index in [1.165, 1.54) is 23.9 Å². The van der Waals surface area contributed by atoms with Gasteiger partial charge in [-0.25, -0.2) is 4.79 Å². The van der Waals surface area contributed by atoms with Crippen molar-refractivity contribution in [3.8, 4) is 0 Å². The highest BCUT2D eigenvalue weighted by atomic mass is 16.5. The number of rotatable bonds is 4. The van der Waals surface area contributed by atoms with Gasteiger partial charge in [-0.3, -0.25) is 14.2 Å². The normalized spacial score (nSPS) is 10.8. The Morgan fingerprint density at radius 1 is 1.22 bits per heavy atom. The fourth-order valence-electron chi connectivity index (χ4n) is 2.82. The molecule has 2 aromatic heterocycles. The van der Waals surface area contributed by atoms with E-state index in [4.69, 9.17) is 4.74 Å². The lowest BCUT2D eigenvalue weighted by Gasteiger charge is -2.24. The fourth-order valence-corrected chi connectivity index (χ4v) is 2.82. The summed E-state index contributed by atoms with van der Waals surface area (Å²) in [4.78, 5) is 38.9. The van der Waals surface area contributed by atoms with Crippen LogP contribution in [0.1, 0.15) is 24.2 Å². The van der Waals surface area contributed by atoms with E-state index in [0.717, 1.165) is 0 Å². The Bertz CT molecular complexity index is 875. The lowest BCUT2D eigenvalue weighted by molar-refractivity contribution is 0.0598. The van der Waals surface area contributed by atoms with Gasteiger partial charge in [0.25, 0.3) is 5.56 Å². The van der Waals surface area contributed by atoms with Gasteiger partial charge >= 0.3 is 5.97 Å². The minimum Gasteiger partial charge on any atom is -0.465 e. The smallest absolute Gasteiger partial charge is 0.343 e. The molecule has 0 saturated carbocycles. The quantitative estimate of drug-likeness (QED) is 0.782. The highest BCUT2D eigenvalue weighted by Crippen LogP contribution is 2.22. The third kappa shape index (κ3) is 2.62. The molecule has 0 spiro atoms. The second-order valence-electron chi connectivity index (χ2n) is 5.27. The number of anilines is 1. The number of nitrogens with zero attached hydrogens (tertiary/aromatic N) is 3. The molecule has 0 bridgehead atoms. The van der Waals surface area contributed by atoms with Crippen LogP contribution in [0.4, 0.5) is 5.69 Å². The number of aryl methyl sites for hydroxylation is 2. The summed E-state index contributed by atoms with van der Waals surface area (Å²) in [6.07, 6.45) is 1.40. The Hall–Kier alpha value is -2.57. The number of carbonyl (C=O) groups excluding carboxylic acids is 1. The van der Waals surface area contributed by atoms with Crippen molar-refractivity contribution in [2.75, 3.05) is 25.1 Å². The molecule has 2 aromatic rings. The second-order valence-corrected chi connectivity index (χ2v) is 5.27. The lowest BCUT2D eigenvalue weighted by Crippen LogP contribution is -2.31. The molecule has 23 heavy (non-hydrogen) atoms. The molecule has 0 aliphatic rings. The monoisotopic (exact) mass is 319 g/mol. The first-order chi connectivity index (χ1) is 10.9. The standard InChI is InChI=1S/C16H21N3O4/c1-6-19(7-2)11-8-12(20)18(4)15-13(11)14(21)10(9-17(15)3)16(22)23-5/h8-9H,6-7H2,1-5H3. The van der Waals surface area contributed by atoms with Gasteiger partial charge in [0.05, 0.1) is 18.2 Å². The average molecular weight is 319 g/mol. The summed E-state index contributed by atoms with van der Waals surface area (Å²) in [6, 6.07) is 1.44. The number of hydrogen-bond donors (Lipinski definition) is 0. The van der Waals surface area contributed by atoms with E-state index < -0.39 is 11.4 Å². The SMILES string of the molecule is CCN(CC)c1cc(=O)n(C)c2c1c(=O)c(C(=O)OC)cn2C. The number of methoxy groups -OCH3 is 1. The zero-order valence-corrected chi connectivity index (χ0v) is 14.0. The van der Waals surface area contributed by atoms with Crippen molar-refractivity contribution in [1.82, 2.24) is 9.13 Å². The van der Waals surface area contributed by atoms with Crippen LogP contribution in [-0.2, 0) is 18.8 Å². The molecule has 0 aromatic carbocycles. The Balaban J connectivity index is 3.06. The highest BCUT2D eigenvalue weighted by Gasteiger charge is 2.21. The molecule has 0 aliphatic heterocycles. The summed E-state index contributed by atoms with van der Waals surface area (Å²) in [6.45, 7) is 5.18. The van der Waals surface area contributed by atoms with Crippen molar-refractivity contribution >= 4 is 22.7 Å². The van der Waals surface area contributed by atoms with Crippen LogP contribution in [0, 0.1) is 0 Å². The molecule has 7 nitrogen and oxygen atoms in total. The molecule has 0 radical (unpaired) electrons. The first-order valence-corrected chi connectivity index (χ1v) is 7.43. The van der Waals surface area contributed by atoms with Gasteiger partial charge in [-0.15, -0.1) is 0 Å². The Morgan fingerprint density at radius 2 is 1.83 bits per heavy atom. The minimum absolute atomic E-state index is 0.0467. The van der Waals surface area contributed by atoms with Crippen LogP contribution in [0.15, 0.2) is 21.9 Å². The van der Waals surface area contributed by atoms with Gasteiger partial charge in [-0.05, 0) is 13.8 Å². The summed E-state index contributed by atoms with van der Waals surface area (Å²) >= 11 is 0. The minimum atomic E-state index is -0.688. The van der Waals surface area contributed by atoms with Gasteiger partial charge < -0.3 is 14.2 Å². The number of fused-ring (bicyclic) bond motifs is 1. The van der Waals surface area contributed by atoms with Gasteiger partial charge in [0.1, 0.15) is 11.2 Å². The van der Waals surface area contributed by atoms with E-state index in [-0.39, 0.29) is 11.1 Å². The molecular weight excluding hydrogens is 298 g/mol. The largest absolute Gasteiger partial charge is 0.465 e. The summed E-state index contributed by atoms with van der Waals surface area (Å²) in [7, 11) is 4.53. The number of pyridine rings is 2. The number of aromatic nitrogens is 2. The Morgan fingerprint density at radius 3 is 2.35 bits per heavy atom. The van der Waals surface area contributed by atoms with Crippen LogP contribution in [0.2, 0.25) is 0 Å². The molecule has 0 unspecified atom stereocenters. The number of carbonyl (C=O) groups is 1. The maximum Gasteiger partial charge on any atom is 0.343 e. The van der Waals surface area contributed by atoms with Gasteiger partial charge in [0.15, 0.2) is 0 Å². The molecule has 0 atom stereocenters. The molecule has 0 fully saturated rings. The van der Waals surface area contributed by atoms with Crippen LogP contribution >= 0.6 is 0 Å². The summed E-state index contributed by atoms with van der Waals surface area (Å²) in [5.41, 5.74) is 0.328. The zero-order chi connectivity index (χ0) is 17.3. The Labute approximate surface area is 133 Å². The summed E-state index contributed by atoms with van der Waals surface area (Å²) in [5.74, 6) is -0.688. The molecule has 0 saturated heterocycles. The summed E-state index contributed by atoms with van der Waals surface area (Å²) < 4.78 is 7.71. The first-order valence-electron chi connectivity index (χ1n) is 7.43. The molecule has 0 amide bonds. The van der Waals surface area contributed by atoms with E-state index in [2.05, 4.69) is 0 Å². The second kappa shape index (κ2) is 6.28. The van der Waals surface area contributed by atoms with Crippen molar-refractivity contribution in [2.24, 2.45) is 14.1 Å². The molecular formula is C16H21N3O4. The van der Waals surface area contributed by atoms with Crippen LogP contribution in [0.5, 0.6) is 0 Å². The predicted molar refractivity (Wildman–Crippen MR) is 89.3 cm³/mol. The summed E-state index contributed by atoms with van der Waals surface area (Å²) in [5, 5.41) is 0.348. The molecule has 2 heterocycles. The van der Waals surface area contributed by atoms with E-state index in [1.54, 1.807) is 18.7 Å². The first kappa shape index (κ1) is 16.8. The zero-order valence-electron chi connectivity index (χ0n) is 14.0. The number of ether oxygens (including phenoxy) is 1. The third-order valence-corrected chi connectivity index (χ3v) is 4.03. The van der Waals surface area contributed by atoms with Gasteiger partial charge in [0, 0.05) is 39.4 Å². The van der Waals surface area contributed by atoms with E-state index in [0.29, 0.717) is 29.8 Å². The maximum atomic E-state index is 12.8. The molecule has 124 valence electrons. The Kier molecular flexibility index (Phi) is 4.58. The van der Waals surface area contributed by atoms with E-state index >= 15 is 0 Å². The van der Waals surface area contributed by atoms with Crippen LogP contribution in [0.3, 0.4) is 0 Å². The van der Waals surface area contributed by atoms with Crippen molar-refractivity contribution in [1.29, 1.82) is 0 Å². The van der Waals surface area contributed by atoms with Crippen LogP contribution < -0.4 is 15.9 Å². The van der Waals surface area contributed by atoms with Gasteiger partial charge in [-0.1, -0.05) is 0 Å². The van der Waals surface area contributed by atoms with Crippen molar-refractivity contribution < 1.29 is 9.53 Å². The van der Waals surface area contributed by atoms with E-state index in [1.807, 2.05) is 18.7 Å². The van der Waals surface area contributed by atoms with Crippen LogP contribution in [0.25, 0.3) is 11.0 Å². The topological polar surface area (TPSA) is 73.5 Å². The number of hydrogen-bond acceptors (Lipinski definition) is 5. The lowest BCUT2D eigenvalue weighted by atomic mass is 10.1. The molecule has 0 N–H and O–H groups in total. The maximum absolute atomic E-state index is 12.8. The third-order valence-electron chi connectivity index (χ3n) is 4.03. The average Bonchev–Trinajstić information content (AvgIpc) is 2.54.